The lowest BCUT2D eigenvalue weighted by Crippen LogP contribution is -2.14. The highest BCUT2D eigenvalue weighted by Gasteiger charge is 2.17. The van der Waals surface area contributed by atoms with Crippen molar-refractivity contribution < 1.29 is 13.9 Å². The highest BCUT2D eigenvalue weighted by molar-refractivity contribution is 5.72. The summed E-state index contributed by atoms with van der Waals surface area (Å²) in [6.07, 6.45) is 1.19. The average molecular weight is 157 g/mol. The van der Waals surface area contributed by atoms with Crippen LogP contribution in [0.15, 0.2) is 24.5 Å². The number of methoxy groups -OCH3 is 1. The van der Waals surface area contributed by atoms with Gasteiger partial charge >= 0.3 is 5.97 Å². The molecule has 1 aromatic heterocycles. The molecule has 0 spiro atoms. The molecule has 4 heteroatoms. The van der Waals surface area contributed by atoms with Crippen LogP contribution < -0.4 is 0 Å². The van der Waals surface area contributed by atoms with Gasteiger partial charge in [-0.1, -0.05) is 0 Å². The number of carbonyl (C=O) groups excluding carboxylic acids is 1. The average Bonchev–Trinajstić information content (AvgIpc) is 2.53. The number of hydrogen-bond donors (Lipinski definition) is 0. The summed E-state index contributed by atoms with van der Waals surface area (Å²) in [6, 6.07) is 3.27. The highest BCUT2D eigenvalue weighted by atomic mass is 19.1. The number of carbonyl (C=O) groups is 1. The maximum absolute atomic E-state index is 12.9. The van der Waals surface area contributed by atoms with Crippen molar-refractivity contribution in [1.29, 1.82) is 0 Å². The molecule has 0 aromatic carbocycles. The highest BCUT2D eigenvalue weighted by Crippen LogP contribution is 2.09. The van der Waals surface area contributed by atoms with E-state index in [9.17, 15) is 9.18 Å². The molecular weight excluding hydrogens is 149 g/mol. The van der Waals surface area contributed by atoms with Crippen molar-refractivity contribution in [2.24, 2.45) is 0 Å². The molecule has 3 nitrogen and oxygen atoms in total. The minimum Gasteiger partial charge on any atom is -0.465 e. The molecular formula is C7H8FNO2. The van der Waals surface area contributed by atoms with E-state index < -0.39 is 12.3 Å². The Kier molecular flexibility index (Phi) is 2.25. The lowest BCUT2D eigenvalue weighted by atomic mass is 10.6. The molecule has 0 aliphatic carbocycles. The zero-order valence-electron chi connectivity index (χ0n) is 6.03. The molecule has 0 saturated heterocycles. The zero-order valence-corrected chi connectivity index (χ0v) is 6.03. The van der Waals surface area contributed by atoms with Crippen LogP contribution in [0.4, 0.5) is 4.39 Å². The van der Waals surface area contributed by atoms with Gasteiger partial charge in [0.25, 0.3) is 6.30 Å². The van der Waals surface area contributed by atoms with Crippen molar-refractivity contribution in [1.82, 2.24) is 4.57 Å². The van der Waals surface area contributed by atoms with Gasteiger partial charge in [-0.25, -0.2) is 9.18 Å². The van der Waals surface area contributed by atoms with E-state index in [1.54, 1.807) is 12.1 Å². The van der Waals surface area contributed by atoms with Gasteiger partial charge in [0.15, 0.2) is 0 Å². The molecule has 0 bridgehead atoms. The standard InChI is InChI=1S/C7H8FNO2/c1-11-7(10)6(8)9-4-2-3-5-9/h2-6H,1H3. The maximum Gasteiger partial charge on any atom is 0.362 e. The topological polar surface area (TPSA) is 31.2 Å². The molecule has 1 aromatic rings. The Morgan fingerprint density at radius 2 is 2.09 bits per heavy atom. The fourth-order valence-electron chi connectivity index (χ4n) is 0.718. The fourth-order valence-corrected chi connectivity index (χ4v) is 0.718. The number of esters is 1. The number of halogens is 1. The Morgan fingerprint density at radius 1 is 1.55 bits per heavy atom. The van der Waals surface area contributed by atoms with Crippen LogP contribution in [0.25, 0.3) is 0 Å². The lowest BCUT2D eigenvalue weighted by Gasteiger charge is -2.06. The van der Waals surface area contributed by atoms with E-state index in [4.69, 9.17) is 0 Å². The van der Waals surface area contributed by atoms with Crippen molar-refractivity contribution in [3.8, 4) is 0 Å². The predicted octanol–water partition coefficient (Wildman–Crippen LogP) is 1.13. The number of nitrogens with zero attached hydrogens (tertiary/aromatic N) is 1. The number of ether oxygens (including phenoxy) is 1. The molecule has 0 aliphatic heterocycles. The van der Waals surface area contributed by atoms with Crippen molar-refractivity contribution >= 4 is 5.97 Å². The summed E-state index contributed by atoms with van der Waals surface area (Å²) in [7, 11) is 1.15. The first-order valence-electron chi connectivity index (χ1n) is 3.10. The maximum atomic E-state index is 12.9. The van der Waals surface area contributed by atoms with Crippen LogP contribution >= 0.6 is 0 Å². The second kappa shape index (κ2) is 3.18. The van der Waals surface area contributed by atoms with Crippen LogP contribution in [-0.4, -0.2) is 17.6 Å². The molecule has 0 aliphatic rings. The summed E-state index contributed by atoms with van der Waals surface area (Å²) in [5, 5.41) is 0. The van der Waals surface area contributed by atoms with Crippen LogP contribution in [0.5, 0.6) is 0 Å². The Hall–Kier alpha value is -1.32. The monoisotopic (exact) mass is 157 g/mol. The van der Waals surface area contributed by atoms with Gasteiger partial charge in [0, 0.05) is 12.4 Å². The van der Waals surface area contributed by atoms with E-state index in [0.29, 0.717) is 0 Å². The molecule has 11 heavy (non-hydrogen) atoms. The smallest absolute Gasteiger partial charge is 0.362 e. The first-order valence-corrected chi connectivity index (χ1v) is 3.10. The van der Waals surface area contributed by atoms with E-state index >= 15 is 0 Å². The van der Waals surface area contributed by atoms with Gasteiger partial charge in [-0.15, -0.1) is 0 Å². The van der Waals surface area contributed by atoms with Gasteiger partial charge in [0.2, 0.25) is 0 Å². The molecule has 1 rings (SSSR count). The minimum absolute atomic E-state index is 0.888. The third kappa shape index (κ3) is 1.58. The van der Waals surface area contributed by atoms with Gasteiger partial charge in [-0.2, -0.15) is 0 Å². The first-order chi connectivity index (χ1) is 5.25. The summed E-state index contributed by atoms with van der Waals surface area (Å²) >= 11 is 0. The Morgan fingerprint density at radius 3 is 2.55 bits per heavy atom. The Labute approximate surface area is 63.4 Å². The number of aromatic nitrogens is 1. The molecule has 0 N–H and O–H groups in total. The van der Waals surface area contributed by atoms with Gasteiger partial charge < -0.3 is 9.30 Å². The second-order valence-electron chi connectivity index (χ2n) is 1.99. The Bertz CT molecular complexity index is 233. The van der Waals surface area contributed by atoms with E-state index in [1.807, 2.05) is 0 Å². The normalized spacial score (nSPS) is 12.5. The van der Waals surface area contributed by atoms with Crippen molar-refractivity contribution in [3.63, 3.8) is 0 Å². The third-order valence-electron chi connectivity index (χ3n) is 1.28. The second-order valence-corrected chi connectivity index (χ2v) is 1.99. The van der Waals surface area contributed by atoms with Crippen LogP contribution in [-0.2, 0) is 9.53 Å². The molecule has 1 atom stereocenters. The number of alkyl halides is 1. The van der Waals surface area contributed by atoms with E-state index in [0.717, 1.165) is 11.7 Å². The van der Waals surface area contributed by atoms with E-state index in [1.165, 1.54) is 12.4 Å². The minimum atomic E-state index is -1.73. The van der Waals surface area contributed by atoms with Gasteiger partial charge in [-0.05, 0) is 12.1 Å². The first kappa shape index (κ1) is 7.78. The summed E-state index contributed by atoms with van der Waals surface area (Å²) in [4.78, 5) is 10.6. The molecule has 0 saturated carbocycles. The van der Waals surface area contributed by atoms with Crippen molar-refractivity contribution in [2.75, 3.05) is 7.11 Å². The summed E-state index contributed by atoms with van der Waals surface area (Å²) in [5.41, 5.74) is 0. The van der Waals surface area contributed by atoms with Gasteiger partial charge in [0.1, 0.15) is 0 Å². The zero-order chi connectivity index (χ0) is 8.27. The molecule has 1 unspecified atom stereocenters. The van der Waals surface area contributed by atoms with Gasteiger partial charge in [0.05, 0.1) is 7.11 Å². The fraction of sp³-hybridized carbons (Fsp3) is 0.286. The molecule has 0 fully saturated rings. The largest absolute Gasteiger partial charge is 0.465 e. The summed E-state index contributed by atoms with van der Waals surface area (Å²) in [6.45, 7) is 0. The molecule has 1 heterocycles. The predicted molar refractivity (Wildman–Crippen MR) is 36.6 cm³/mol. The Balaban J connectivity index is 2.70. The molecule has 0 amide bonds. The molecule has 0 radical (unpaired) electrons. The SMILES string of the molecule is COC(=O)C(F)n1cccc1. The third-order valence-corrected chi connectivity index (χ3v) is 1.28. The van der Waals surface area contributed by atoms with Crippen LogP contribution in [0.2, 0.25) is 0 Å². The number of hydrogen-bond acceptors (Lipinski definition) is 2. The van der Waals surface area contributed by atoms with E-state index in [2.05, 4.69) is 4.74 Å². The van der Waals surface area contributed by atoms with Crippen LogP contribution in [0.1, 0.15) is 6.30 Å². The van der Waals surface area contributed by atoms with E-state index in [-0.39, 0.29) is 0 Å². The quantitative estimate of drug-likeness (QED) is 0.602. The van der Waals surface area contributed by atoms with Gasteiger partial charge in [-0.3, -0.25) is 0 Å². The summed E-state index contributed by atoms with van der Waals surface area (Å²) in [5.74, 6) is -0.888. The van der Waals surface area contributed by atoms with Crippen LogP contribution in [0, 0.1) is 0 Å². The summed E-state index contributed by atoms with van der Waals surface area (Å²) < 4.78 is 18.2. The van der Waals surface area contributed by atoms with Crippen molar-refractivity contribution in [3.05, 3.63) is 24.5 Å². The lowest BCUT2D eigenvalue weighted by molar-refractivity contribution is -0.150. The molecule has 60 valence electrons. The van der Waals surface area contributed by atoms with Crippen LogP contribution in [0.3, 0.4) is 0 Å². The van der Waals surface area contributed by atoms with Crippen molar-refractivity contribution in [2.45, 2.75) is 6.30 Å². The number of rotatable bonds is 2.